The van der Waals surface area contributed by atoms with E-state index in [0.29, 0.717) is 31.0 Å². The van der Waals surface area contributed by atoms with Crippen molar-refractivity contribution in [2.45, 2.75) is 31.7 Å². The van der Waals surface area contributed by atoms with Crippen molar-refractivity contribution in [3.8, 4) is 0 Å². The van der Waals surface area contributed by atoms with E-state index in [1.807, 2.05) is 0 Å². The molecule has 1 amide bonds. The number of carbonyl (C=O) groups excluding carboxylic acids is 2. The summed E-state index contributed by atoms with van der Waals surface area (Å²) in [6, 6.07) is 4.37. The van der Waals surface area contributed by atoms with E-state index in [0.717, 1.165) is 19.3 Å². The molecule has 136 valence electrons. The van der Waals surface area contributed by atoms with Crippen molar-refractivity contribution in [3.63, 3.8) is 0 Å². The lowest BCUT2D eigenvalue weighted by atomic mass is 9.76. The van der Waals surface area contributed by atoms with Crippen molar-refractivity contribution in [1.82, 2.24) is 4.90 Å². The summed E-state index contributed by atoms with van der Waals surface area (Å²) >= 11 is 0. The van der Waals surface area contributed by atoms with Gasteiger partial charge >= 0.3 is 7.12 Å². The molecule has 0 spiro atoms. The molecule has 6 nitrogen and oxygen atoms in total. The highest BCUT2D eigenvalue weighted by molar-refractivity contribution is 7.62. The van der Waals surface area contributed by atoms with E-state index in [4.69, 9.17) is 0 Å². The topological polar surface area (TPSA) is 94.9 Å². The molecule has 0 radical (unpaired) electrons. The number of hydrogen-bond acceptors (Lipinski definition) is 5. The highest BCUT2D eigenvalue weighted by Crippen LogP contribution is 2.38. The second-order valence-corrected chi connectivity index (χ2v) is 10.7. The van der Waals surface area contributed by atoms with Crippen LogP contribution in [0.4, 0.5) is 0 Å². The molecule has 0 bridgehead atoms. The van der Waals surface area contributed by atoms with Crippen LogP contribution in [-0.2, 0) is 4.57 Å². The molecular weight excluding hydrogens is 340 g/mol. The molecule has 1 unspecified atom stereocenters. The van der Waals surface area contributed by atoms with Gasteiger partial charge in [0.1, 0.15) is 6.29 Å². The summed E-state index contributed by atoms with van der Waals surface area (Å²) in [6.45, 7) is 4.16. The number of hydrogen-bond donors (Lipinski definition) is 2. The molecule has 0 aliphatic carbocycles. The Bertz CT molecular complexity index is 688. The molecule has 1 atom stereocenters. The molecule has 0 saturated carbocycles. The summed E-state index contributed by atoms with van der Waals surface area (Å²) in [6.07, 6.45) is 4.69. The van der Waals surface area contributed by atoms with E-state index in [1.54, 1.807) is 18.2 Å². The number of benzene rings is 1. The van der Waals surface area contributed by atoms with Crippen LogP contribution in [0.2, 0.25) is 0 Å². The van der Waals surface area contributed by atoms with Gasteiger partial charge in [0.15, 0.2) is 0 Å². The molecule has 1 aliphatic heterocycles. The van der Waals surface area contributed by atoms with Crippen LogP contribution in [0.15, 0.2) is 18.2 Å². The second kappa shape index (κ2) is 8.30. The Hall–Kier alpha value is -1.43. The van der Waals surface area contributed by atoms with Crippen molar-refractivity contribution >= 4 is 31.9 Å². The maximum Gasteiger partial charge on any atom is 0.489 e. The first kappa shape index (κ1) is 19.9. The van der Waals surface area contributed by atoms with Gasteiger partial charge in [0.2, 0.25) is 0 Å². The zero-order valence-corrected chi connectivity index (χ0v) is 15.6. The normalized spacial score (nSPS) is 18.1. The zero-order chi connectivity index (χ0) is 18.6. The Morgan fingerprint density at radius 1 is 1.36 bits per heavy atom. The van der Waals surface area contributed by atoms with Gasteiger partial charge in [-0.1, -0.05) is 6.07 Å². The number of amides is 1. The average molecular weight is 365 g/mol. The molecule has 1 aromatic carbocycles. The molecule has 8 heteroatoms. The summed E-state index contributed by atoms with van der Waals surface area (Å²) in [4.78, 5) is 25.9. The van der Waals surface area contributed by atoms with Gasteiger partial charge in [-0.2, -0.15) is 0 Å². The van der Waals surface area contributed by atoms with Crippen molar-refractivity contribution < 1.29 is 24.2 Å². The Balaban J connectivity index is 2.21. The molecule has 1 fully saturated rings. The van der Waals surface area contributed by atoms with E-state index in [-0.39, 0.29) is 23.0 Å². The molecule has 2 N–H and O–H groups in total. The Labute approximate surface area is 148 Å². The van der Waals surface area contributed by atoms with E-state index < -0.39 is 14.3 Å². The summed E-state index contributed by atoms with van der Waals surface area (Å²) in [5.74, 6) is -0.172. The maximum absolute atomic E-state index is 12.9. The third-order valence-electron chi connectivity index (χ3n) is 4.63. The average Bonchev–Trinajstić information content (AvgIpc) is 2.58. The van der Waals surface area contributed by atoms with Crippen molar-refractivity contribution in [1.29, 1.82) is 0 Å². The summed E-state index contributed by atoms with van der Waals surface area (Å²) < 4.78 is 12.0. The fourth-order valence-electron chi connectivity index (χ4n) is 3.24. The van der Waals surface area contributed by atoms with Crippen LogP contribution in [0.5, 0.6) is 0 Å². The smallest absolute Gasteiger partial charge is 0.423 e. The number of carbonyl (C=O) groups is 2. The fourth-order valence-corrected chi connectivity index (χ4v) is 4.16. The highest BCUT2D eigenvalue weighted by atomic mass is 31.2. The fraction of sp³-hybridized carbons (Fsp3) is 0.529. The van der Waals surface area contributed by atoms with Crippen molar-refractivity contribution in [2.75, 3.05) is 26.0 Å². The molecule has 1 heterocycles. The lowest BCUT2D eigenvalue weighted by molar-refractivity contribution is 0.0609. The minimum atomic E-state index is -2.13. The maximum atomic E-state index is 12.9. The van der Waals surface area contributed by atoms with Gasteiger partial charge in [0.25, 0.3) is 5.91 Å². The molecule has 25 heavy (non-hydrogen) atoms. The molecule has 2 rings (SSSR count). The standard InChI is InChI=1S/C17H25BNO5P/c1-25(2,24)10-8-15-5-3-4-9-19(15)17(21)13-6-7-16(18(22)23)14(11-13)12-20/h6-7,11-12,15,22-23H,3-5,8-10H2,1-2H3. The predicted molar refractivity (Wildman–Crippen MR) is 99.3 cm³/mol. The molecule has 0 aromatic heterocycles. The van der Waals surface area contributed by atoms with Gasteiger partial charge in [-0.05, 0) is 56.6 Å². The van der Waals surface area contributed by atoms with Gasteiger partial charge in [-0.25, -0.2) is 0 Å². The summed E-state index contributed by atoms with van der Waals surface area (Å²) in [7, 11) is -3.89. The molecular formula is C17H25BNO5P. The van der Waals surface area contributed by atoms with E-state index in [1.165, 1.54) is 18.2 Å². The van der Waals surface area contributed by atoms with Crippen LogP contribution in [0.25, 0.3) is 0 Å². The number of likely N-dealkylation sites (tertiary alicyclic amines) is 1. The monoisotopic (exact) mass is 365 g/mol. The Morgan fingerprint density at radius 2 is 2.08 bits per heavy atom. The zero-order valence-electron chi connectivity index (χ0n) is 14.7. The third-order valence-corrected chi connectivity index (χ3v) is 5.96. The summed E-state index contributed by atoms with van der Waals surface area (Å²) in [5.41, 5.74) is 0.537. The van der Waals surface area contributed by atoms with E-state index >= 15 is 0 Å². The first-order chi connectivity index (χ1) is 11.7. The van der Waals surface area contributed by atoms with Gasteiger partial charge in [0, 0.05) is 29.9 Å². The SMILES string of the molecule is CP(C)(=O)CCC1CCCCN1C(=O)c1ccc(B(O)O)c(C=O)c1. The molecule has 1 aliphatic rings. The quantitative estimate of drug-likeness (QED) is 0.449. The van der Waals surface area contributed by atoms with E-state index in [9.17, 15) is 24.2 Å². The second-order valence-electron chi connectivity index (χ2n) is 7.07. The number of rotatable bonds is 6. The number of nitrogens with zero attached hydrogens (tertiary/aromatic N) is 1. The van der Waals surface area contributed by atoms with Gasteiger partial charge in [0.05, 0.1) is 7.14 Å². The van der Waals surface area contributed by atoms with Crippen LogP contribution in [0.3, 0.4) is 0 Å². The summed E-state index contributed by atoms with van der Waals surface area (Å²) in [5, 5.41) is 18.6. The number of aldehydes is 1. The van der Waals surface area contributed by atoms with Crippen LogP contribution in [0, 0.1) is 0 Å². The Morgan fingerprint density at radius 3 is 2.68 bits per heavy atom. The first-order valence-corrected chi connectivity index (χ1v) is 11.3. The lowest BCUT2D eigenvalue weighted by Crippen LogP contribution is -2.44. The van der Waals surface area contributed by atoms with Crippen molar-refractivity contribution in [2.24, 2.45) is 0 Å². The van der Waals surface area contributed by atoms with Crippen LogP contribution >= 0.6 is 7.14 Å². The molecule has 1 saturated heterocycles. The largest absolute Gasteiger partial charge is 0.489 e. The highest BCUT2D eigenvalue weighted by Gasteiger charge is 2.29. The molecule has 1 aromatic rings. The minimum Gasteiger partial charge on any atom is -0.423 e. The van der Waals surface area contributed by atoms with Gasteiger partial charge < -0.3 is 19.5 Å². The Kier molecular flexibility index (Phi) is 6.61. The van der Waals surface area contributed by atoms with E-state index in [2.05, 4.69) is 0 Å². The lowest BCUT2D eigenvalue weighted by Gasteiger charge is -2.36. The van der Waals surface area contributed by atoms with Crippen molar-refractivity contribution in [3.05, 3.63) is 29.3 Å². The first-order valence-electron chi connectivity index (χ1n) is 8.53. The minimum absolute atomic E-state index is 0.0530. The van der Waals surface area contributed by atoms with Crippen LogP contribution in [-0.4, -0.2) is 66.3 Å². The van der Waals surface area contributed by atoms with Gasteiger partial charge in [-0.15, -0.1) is 0 Å². The van der Waals surface area contributed by atoms with Gasteiger partial charge in [-0.3, -0.25) is 9.59 Å². The number of piperidine rings is 1. The predicted octanol–water partition coefficient (Wildman–Crippen LogP) is 1.19. The third kappa shape index (κ3) is 5.27. The van der Waals surface area contributed by atoms with Crippen LogP contribution in [0.1, 0.15) is 46.4 Å². The van der Waals surface area contributed by atoms with Crippen LogP contribution < -0.4 is 5.46 Å².